The molecule has 27 heavy (non-hydrogen) atoms. The van der Waals surface area contributed by atoms with Crippen molar-refractivity contribution in [2.45, 2.75) is 13.1 Å². The van der Waals surface area contributed by atoms with Crippen LogP contribution in [-0.4, -0.2) is 21.8 Å². The fourth-order valence-corrected chi connectivity index (χ4v) is 2.57. The van der Waals surface area contributed by atoms with E-state index in [2.05, 4.69) is 20.6 Å². The van der Waals surface area contributed by atoms with Crippen molar-refractivity contribution >= 4 is 23.4 Å². The van der Waals surface area contributed by atoms with E-state index in [1.165, 1.54) is 0 Å². The average molecular weight is 381 g/mol. The predicted octanol–water partition coefficient (Wildman–Crippen LogP) is 2.99. The summed E-state index contributed by atoms with van der Waals surface area (Å²) in [4.78, 5) is 32.7. The van der Waals surface area contributed by atoms with Crippen molar-refractivity contribution in [2.75, 3.05) is 0 Å². The van der Waals surface area contributed by atoms with Crippen LogP contribution in [0.5, 0.6) is 0 Å². The lowest BCUT2D eigenvalue weighted by molar-refractivity contribution is 0.0941. The molecular weight excluding hydrogens is 364 g/mol. The zero-order valence-corrected chi connectivity index (χ0v) is 15.1. The van der Waals surface area contributed by atoms with E-state index in [4.69, 9.17) is 11.6 Å². The summed E-state index contributed by atoms with van der Waals surface area (Å²) in [6.07, 6.45) is 3.34. The summed E-state index contributed by atoms with van der Waals surface area (Å²) in [6, 6.07) is 15.6. The van der Waals surface area contributed by atoms with Gasteiger partial charge in [0.25, 0.3) is 11.8 Å². The van der Waals surface area contributed by atoms with E-state index in [1.807, 2.05) is 24.3 Å². The number of carbonyl (C=O) groups excluding carboxylic acids is 2. The Morgan fingerprint density at radius 2 is 1.56 bits per heavy atom. The van der Waals surface area contributed by atoms with Gasteiger partial charge in [-0.3, -0.25) is 14.6 Å². The van der Waals surface area contributed by atoms with Gasteiger partial charge in [-0.05, 0) is 35.4 Å². The average Bonchev–Trinajstić information content (AvgIpc) is 2.72. The molecule has 0 radical (unpaired) electrons. The van der Waals surface area contributed by atoms with Crippen LogP contribution in [0.25, 0.3) is 0 Å². The molecule has 2 aromatic heterocycles. The van der Waals surface area contributed by atoms with Crippen molar-refractivity contribution in [3.8, 4) is 0 Å². The van der Waals surface area contributed by atoms with Crippen LogP contribution in [0.3, 0.4) is 0 Å². The molecule has 1 aromatic carbocycles. The van der Waals surface area contributed by atoms with Crippen molar-refractivity contribution in [3.63, 3.8) is 0 Å². The number of carbonyl (C=O) groups is 2. The smallest absolute Gasteiger partial charge is 0.270 e. The molecule has 2 N–H and O–H groups in total. The molecule has 7 heteroatoms. The molecule has 0 unspecified atom stereocenters. The Labute approximate surface area is 161 Å². The van der Waals surface area contributed by atoms with Crippen LogP contribution in [0.4, 0.5) is 0 Å². The van der Waals surface area contributed by atoms with Crippen LogP contribution in [0.2, 0.25) is 5.02 Å². The van der Waals surface area contributed by atoms with Crippen molar-refractivity contribution in [1.82, 2.24) is 20.6 Å². The van der Waals surface area contributed by atoms with Gasteiger partial charge in [-0.25, -0.2) is 4.98 Å². The molecule has 0 saturated heterocycles. The molecule has 0 spiro atoms. The van der Waals surface area contributed by atoms with Gasteiger partial charge in [0.05, 0.1) is 0 Å². The van der Waals surface area contributed by atoms with Crippen molar-refractivity contribution in [1.29, 1.82) is 0 Å². The normalized spacial score (nSPS) is 10.3. The fourth-order valence-electron chi connectivity index (χ4n) is 2.37. The van der Waals surface area contributed by atoms with E-state index in [1.54, 1.807) is 42.7 Å². The van der Waals surface area contributed by atoms with Gasteiger partial charge in [-0.15, -0.1) is 0 Å². The summed E-state index contributed by atoms with van der Waals surface area (Å²) in [5.41, 5.74) is 2.01. The molecule has 3 rings (SSSR count). The second kappa shape index (κ2) is 8.91. The quantitative estimate of drug-likeness (QED) is 0.688. The van der Waals surface area contributed by atoms with Gasteiger partial charge in [0, 0.05) is 30.5 Å². The van der Waals surface area contributed by atoms with Gasteiger partial charge >= 0.3 is 0 Å². The van der Waals surface area contributed by atoms with E-state index in [9.17, 15) is 9.59 Å². The summed E-state index contributed by atoms with van der Waals surface area (Å²) in [6.45, 7) is 0.606. The van der Waals surface area contributed by atoms with Gasteiger partial charge in [-0.1, -0.05) is 41.9 Å². The lowest BCUT2D eigenvalue weighted by Crippen LogP contribution is -2.27. The van der Waals surface area contributed by atoms with Crippen LogP contribution in [-0.2, 0) is 13.1 Å². The van der Waals surface area contributed by atoms with E-state index < -0.39 is 0 Å². The molecule has 0 saturated carbocycles. The van der Waals surface area contributed by atoms with Gasteiger partial charge < -0.3 is 10.6 Å². The minimum Gasteiger partial charge on any atom is -0.347 e. The van der Waals surface area contributed by atoms with Crippen LogP contribution in [0.15, 0.2) is 67.0 Å². The molecular formula is C20H17ClN4O2. The summed E-state index contributed by atoms with van der Waals surface area (Å²) < 4.78 is 0. The number of amides is 2. The molecule has 0 aliphatic heterocycles. The second-order valence-electron chi connectivity index (χ2n) is 5.73. The minimum atomic E-state index is -0.378. The Balaban J connectivity index is 1.61. The van der Waals surface area contributed by atoms with Crippen molar-refractivity contribution in [2.24, 2.45) is 0 Å². The molecule has 0 atom stereocenters. The first-order chi connectivity index (χ1) is 13.1. The third kappa shape index (κ3) is 5.12. The maximum Gasteiger partial charge on any atom is 0.270 e. The molecule has 0 fully saturated rings. The lowest BCUT2D eigenvalue weighted by atomic mass is 10.2. The number of rotatable bonds is 6. The largest absolute Gasteiger partial charge is 0.347 e. The highest BCUT2D eigenvalue weighted by molar-refractivity contribution is 6.31. The number of benzene rings is 1. The number of aromatic nitrogens is 2. The third-order valence-electron chi connectivity index (χ3n) is 3.79. The van der Waals surface area contributed by atoms with Crippen LogP contribution < -0.4 is 10.6 Å². The Bertz CT molecular complexity index is 947. The number of halogens is 1. The lowest BCUT2D eigenvalue weighted by Gasteiger charge is -2.08. The first kappa shape index (κ1) is 18.5. The first-order valence-electron chi connectivity index (χ1n) is 8.29. The van der Waals surface area contributed by atoms with Gasteiger partial charge in [0.2, 0.25) is 0 Å². The molecule has 136 valence electrons. The molecule has 0 bridgehead atoms. The zero-order valence-electron chi connectivity index (χ0n) is 14.4. The van der Waals surface area contributed by atoms with Crippen LogP contribution >= 0.6 is 11.6 Å². The predicted molar refractivity (Wildman–Crippen MR) is 102 cm³/mol. The SMILES string of the molecule is O=C(NCc1cccnc1)c1cccc(C(=O)NCc2ccccc2Cl)n1. The molecule has 2 amide bonds. The summed E-state index contributed by atoms with van der Waals surface area (Å²) in [5.74, 6) is -0.739. The monoisotopic (exact) mass is 380 g/mol. The van der Waals surface area contributed by atoms with E-state index in [0.29, 0.717) is 11.6 Å². The number of nitrogens with one attached hydrogen (secondary N) is 2. The minimum absolute atomic E-state index is 0.163. The summed E-state index contributed by atoms with van der Waals surface area (Å²) in [5, 5.41) is 6.09. The van der Waals surface area contributed by atoms with E-state index >= 15 is 0 Å². The fraction of sp³-hybridized carbons (Fsp3) is 0.100. The first-order valence-corrected chi connectivity index (χ1v) is 8.67. The number of pyridine rings is 2. The third-order valence-corrected chi connectivity index (χ3v) is 4.16. The maximum atomic E-state index is 12.3. The van der Waals surface area contributed by atoms with Crippen molar-refractivity contribution < 1.29 is 9.59 Å². The van der Waals surface area contributed by atoms with Crippen LogP contribution in [0.1, 0.15) is 32.1 Å². The molecule has 0 aliphatic rings. The molecule has 0 aliphatic carbocycles. The van der Waals surface area contributed by atoms with Crippen LogP contribution in [0, 0.1) is 0 Å². The second-order valence-corrected chi connectivity index (χ2v) is 6.13. The van der Waals surface area contributed by atoms with E-state index in [-0.39, 0.29) is 29.7 Å². The van der Waals surface area contributed by atoms with Gasteiger partial charge in [0.15, 0.2) is 0 Å². The Kier molecular flexibility index (Phi) is 6.12. The highest BCUT2D eigenvalue weighted by atomic mass is 35.5. The zero-order chi connectivity index (χ0) is 19.1. The topological polar surface area (TPSA) is 84.0 Å². The highest BCUT2D eigenvalue weighted by Gasteiger charge is 2.12. The van der Waals surface area contributed by atoms with Gasteiger partial charge in [-0.2, -0.15) is 0 Å². The number of hydrogen-bond donors (Lipinski definition) is 2. The Morgan fingerprint density at radius 3 is 2.22 bits per heavy atom. The highest BCUT2D eigenvalue weighted by Crippen LogP contribution is 2.14. The summed E-state index contributed by atoms with van der Waals surface area (Å²) >= 11 is 6.08. The Morgan fingerprint density at radius 1 is 0.852 bits per heavy atom. The number of nitrogens with zero attached hydrogens (tertiary/aromatic N) is 2. The standard InChI is InChI=1S/C20H17ClN4O2/c21-16-7-2-1-6-15(16)13-24-20(27)18-9-3-8-17(25-18)19(26)23-12-14-5-4-10-22-11-14/h1-11H,12-13H2,(H,23,26)(H,24,27). The molecule has 3 aromatic rings. The molecule has 2 heterocycles. The van der Waals surface area contributed by atoms with E-state index in [0.717, 1.165) is 11.1 Å². The molecule has 6 nitrogen and oxygen atoms in total. The summed E-state index contributed by atoms with van der Waals surface area (Å²) in [7, 11) is 0. The maximum absolute atomic E-state index is 12.3. The van der Waals surface area contributed by atoms with Gasteiger partial charge in [0.1, 0.15) is 11.4 Å². The van der Waals surface area contributed by atoms with Crippen molar-refractivity contribution in [3.05, 3.63) is 94.5 Å². The Hall–Kier alpha value is -3.25. The number of hydrogen-bond acceptors (Lipinski definition) is 4.